The number of hydrogen-bond acceptors (Lipinski definition) is 4. The lowest BCUT2D eigenvalue weighted by atomic mass is 10.1. The lowest BCUT2D eigenvalue weighted by Crippen LogP contribution is -2.17. The lowest BCUT2D eigenvalue weighted by molar-refractivity contribution is 0.144. The summed E-state index contributed by atoms with van der Waals surface area (Å²) in [7, 11) is 1.64. The molecule has 0 atom stereocenters. The molecule has 0 spiro atoms. The van der Waals surface area contributed by atoms with Crippen LogP contribution in [0.15, 0.2) is 40.9 Å². The van der Waals surface area contributed by atoms with E-state index in [9.17, 15) is 0 Å². The maximum atomic E-state index is 6.23. The molecular weight excluding hydrogens is 418 g/mol. The Morgan fingerprint density at radius 2 is 1.96 bits per heavy atom. The fraction of sp³-hybridized carbons (Fsp3) is 0.400. The molecule has 0 fully saturated rings. The summed E-state index contributed by atoms with van der Waals surface area (Å²) >= 11 is 9.85. The van der Waals surface area contributed by atoms with E-state index >= 15 is 0 Å². The molecule has 0 aromatic heterocycles. The van der Waals surface area contributed by atoms with E-state index in [-0.39, 0.29) is 0 Å². The maximum absolute atomic E-state index is 6.23. The third-order valence-electron chi connectivity index (χ3n) is 3.87. The summed E-state index contributed by atoms with van der Waals surface area (Å²) in [6, 6.07) is 11.5. The minimum Gasteiger partial charge on any atom is -0.493 e. The molecule has 0 bridgehead atoms. The maximum Gasteiger partial charge on any atom is 0.167 e. The molecule has 0 heterocycles. The summed E-state index contributed by atoms with van der Waals surface area (Å²) in [5.74, 6) is 1.42. The van der Waals surface area contributed by atoms with Crippen molar-refractivity contribution in [2.24, 2.45) is 0 Å². The Balaban J connectivity index is 2.07. The Kier molecular flexibility index (Phi) is 9.26. The van der Waals surface area contributed by atoms with Gasteiger partial charge in [0, 0.05) is 40.4 Å². The third-order valence-corrected chi connectivity index (χ3v) is 4.98. The van der Waals surface area contributed by atoms with Gasteiger partial charge < -0.3 is 19.5 Å². The molecule has 0 amide bonds. The van der Waals surface area contributed by atoms with Gasteiger partial charge >= 0.3 is 0 Å². The van der Waals surface area contributed by atoms with E-state index in [1.165, 1.54) is 0 Å². The highest BCUT2D eigenvalue weighted by Gasteiger charge is 2.15. The Bertz CT molecular complexity index is 697. The number of hydrogen-bond donors (Lipinski definition) is 1. The molecule has 1 N–H and O–H groups in total. The van der Waals surface area contributed by atoms with Gasteiger partial charge in [-0.05, 0) is 38.1 Å². The molecular formula is C20H25BrClNO3. The first-order chi connectivity index (χ1) is 12.7. The monoisotopic (exact) mass is 441 g/mol. The summed E-state index contributed by atoms with van der Waals surface area (Å²) in [5, 5.41) is 4.12. The first kappa shape index (κ1) is 21.0. The Labute approximate surface area is 168 Å². The van der Waals surface area contributed by atoms with Gasteiger partial charge in [0.05, 0.1) is 7.11 Å². The standard InChI is InChI=1S/C20H25BrClNO3/c1-3-25-12-6-11-23-13-16-17(21)9-10-19(24-2)20(16)26-14-15-7-4-5-8-18(15)22/h4-5,7-10,23H,3,6,11-14H2,1-2H3. The molecule has 0 unspecified atom stereocenters. The second kappa shape index (κ2) is 11.4. The van der Waals surface area contributed by atoms with Crippen LogP contribution in [0, 0.1) is 0 Å². The predicted molar refractivity (Wildman–Crippen MR) is 109 cm³/mol. The molecule has 0 aliphatic heterocycles. The summed E-state index contributed by atoms with van der Waals surface area (Å²) in [4.78, 5) is 0. The normalized spacial score (nSPS) is 10.8. The fourth-order valence-corrected chi connectivity index (χ4v) is 3.13. The van der Waals surface area contributed by atoms with Gasteiger partial charge in [0.25, 0.3) is 0 Å². The number of halogens is 2. The van der Waals surface area contributed by atoms with Crippen LogP contribution in [0.3, 0.4) is 0 Å². The van der Waals surface area contributed by atoms with Crippen molar-refractivity contribution in [1.82, 2.24) is 5.32 Å². The quantitative estimate of drug-likeness (QED) is 0.485. The topological polar surface area (TPSA) is 39.7 Å². The van der Waals surface area contributed by atoms with Crippen molar-refractivity contribution in [1.29, 1.82) is 0 Å². The highest BCUT2D eigenvalue weighted by atomic mass is 79.9. The minimum absolute atomic E-state index is 0.379. The number of methoxy groups -OCH3 is 1. The van der Waals surface area contributed by atoms with Gasteiger partial charge in [-0.25, -0.2) is 0 Å². The molecule has 2 aromatic rings. The number of benzene rings is 2. The van der Waals surface area contributed by atoms with Gasteiger partial charge in [-0.2, -0.15) is 0 Å². The second-order valence-electron chi connectivity index (χ2n) is 5.66. The molecule has 6 heteroatoms. The van der Waals surface area contributed by atoms with E-state index in [0.29, 0.717) is 23.9 Å². The Morgan fingerprint density at radius 3 is 2.69 bits per heavy atom. The van der Waals surface area contributed by atoms with Crippen LogP contribution in [0.2, 0.25) is 5.02 Å². The van der Waals surface area contributed by atoms with Gasteiger partial charge in [-0.1, -0.05) is 45.7 Å². The molecule has 2 aromatic carbocycles. The van der Waals surface area contributed by atoms with Crippen LogP contribution >= 0.6 is 27.5 Å². The molecule has 4 nitrogen and oxygen atoms in total. The van der Waals surface area contributed by atoms with E-state index in [1.54, 1.807) is 7.11 Å². The van der Waals surface area contributed by atoms with Crippen molar-refractivity contribution in [3.8, 4) is 11.5 Å². The van der Waals surface area contributed by atoms with Gasteiger partial charge in [0.15, 0.2) is 11.5 Å². The SMILES string of the molecule is CCOCCCNCc1c(Br)ccc(OC)c1OCc1ccccc1Cl. The zero-order chi connectivity index (χ0) is 18.8. The van der Waals surface area contributed by atoms with Gasteiger partial charge in [0.2, 0.25) is 0 Å². The molecule has 0 saturated carbocycles. The molecule has 0 aliphatic carbocycles. The highest BCUT2D eigenvalue weighted by molar-refractivity contribution is 9.10. The van der Waals surface area contributed by atoms with Crippen molar-refractivity contribution in [3.05, 3.63) is 57.0 Å². The predicted octanol–water partition coefficient (Wildman–Crippen LogP) is 5.21. The molecule has 26 heavy (non-hydrogen) atoms. The zero-order valence-electron chi connectivity index (χ0n) is 15.2. The van der Waals surface area contributed by atoms with Crippen LogP contribution in [0.5, 0.6) is 11.5 Å². The fourth-order valence-electron chi connectivity index (χ4n) is 2.49. The zero-order valence-corrected chi connectivity index (χ0v) is 17.5. The third kappa shape index (κ3) is 6.16. The smallest absolute Gasteiger partial charge is 0.167 e. The number of rotatable bonds is 11. The number of ether oxygens (including phenoxy) is 3. The first-order valence-corrected chi connectivity index (χ1v) is 9.84. The van der Waals surface area contributed by atoms with Crippen LogP contribution < -0.4 is 14.8 Å². The van der Waals surface area contributed by atoms with E-state index in [2.05, 4.69) is 21.2 Å². The highest BCUT2D eigenvalue weighted by Crippen LogP contribution is 2.37. The lowest BCUT2D eigenvalue weighted by Gasteiger charge is -2.17. The van der Waals surface area contributed by atoms with Crippen molar-refractivity contribution in [2.75, 3.05) is 26.9 Å². The van der Waals surface area contributed by atoms with Crippen LogP contribution in [-0.2, 0) is 17.9 Å². The average Bonchev–Trinajstić information content (AvgIpc) is 2.65. The van der Waals surface area contributed by atoms with E-state index < -0.39 is 0 Å². The Morgan fingerprint density at radius 1 is 1.15 bits per heavy atom. The van der Waals surface area contributed by atoms with Gasteiger partial charge in [-0.3, -0.25) is 0 Å². The molecule has 0 radical (unpaired) electrons. The minimum atomic E-state index is 0.379. The molecule has 2 rings (SSSR count). The summed E-state index contributed by atoms with van der Waals surface area (Å²) in [6.07, 6.45) is 0.964. The second-order valence-corrected chi connectivity index (χ2v) is 6.93. The Hall–Kier alpha value is -1.27. The van der Waals surface area contributed by atoms with Crippen LogP contribution in [0.25, 0.3) is 0 Å². The molecule has 0 saturated heterocycles. The summed E-state index contributed by atoms with van der Waals surface area (Å²) in [6.45, 7) is 5.43. The van der Waals surface area contributed by atoms with Crippen molar-refractivity contribution >= 4 is 27.5 Å². The molecule has 142 valence electrons. The van der Waals surface area contributed by atoms with Crippen LogP contribution in [0.1, 0.15) is 24.5 Å². The van der Waals surface area contributed by atoms with Gasteiger partial charge in [-0.15, -0.1) is 0 Å². The van der Waals surface area contributed by atoms with Crippen molar-refractivity contribution < 1.29 is 14.2 Å². The van der Waals surface area contributed by atoms with Crippen molar-refractivity contribution in [3.63, 3.8) is 0 Å². The summed E-state index contributed by atoms with van der Waals surface area (Å²) in [5.41, 5.74) is 1.96. The molecule has 0 aliphatic rings. The van der Waals surface area contributed by atoms with Crippen LogP contribution in [-0.4, -0.2) is 26.9 Å². The largest absolute Gasteiger partial charge is 0.493 e. The average molecular weight is 443 g/mol. The summed E-state index contributed by atoms with van der Waals surface area (Å²) < 4.78 is 17.9. The first-order valence-electron chi connectivity index (χ1n) is 8.67. The van der Waals surface area contributed by atoms with E-state index in [1.807, 2.05) is 43.3 Å². The van der Waals surface area contributed by atoms with Crippen LogP contribution in [0.4, 0.5) is 0 Å². The van der Waals surface area contributed by atoms with Gasteiger partial charge in [0.1, 0.15) is 6.61 Å². The van der Waals surface area contributed by atoms with E-state index in [0.717, 1.165) is 47.5 Å². The van der Waals surface area contributed by atoms with E-state index in [4.69, 9.17) is 25.8 Å². The number of nitrogens with one attached hydrogen (secondary N) is 1. The van der Waals surface area contributed by atoms with Crippen molar-refractivity contribution in [2.45, 2.75) is 26.5 Å².